The third kappa shape index (κ3) is 3.93. The van der Waals surface area contributed by atoms with Crippen molar-refractivity contribution < 1.29 is 9.26 Å². The van der Waals surface area contributed by atoms with Crippen LogP contribution in [0.25, 0.3) is 11.4 Å². The number of thioether (sulfide) groups is 1. The summed E-state index contributed by atoms with van der Waals surface area (Å²) >= 11 is 1.38. The summed E-state index contributed by atoms with van der Waals surface area (Å²) in [5, 5.41) is 11.2. The lowest BCUT2D eigenvalue weighted by Gasteiger charge is -2.03. The summed E-state index contributed by atoms with van der Waals surface area (Å²) in [6, 6.07) is 7.48. The zero-order valence-corrected chi connectivity index (χ0v) is 14.9. The number of para-hydroxylation sites is 1. The highest BCUT2D eigenvalue weighted by Gasteiger charge is 2.15. The zero-order chi connectivity index (χ0) is 17.6. The highest BCUT2D eigenvalue weighted by molar-refractivity contribution is 7.98. The van der Waals surface area contributed by atoms with Crippen LogP contribution in [0.15, 0.2) is 38.7 Å². The molecule has 0 spiro atoms. The highest BCUT2D eigenvalue weighted by Crippen LogP contribution is 2.28. The molecular formula is C16H19N5O3S. The van der Waals surface area contributed by atoms with Gasteiger partial charge in [-0.05, 0) is 18.6 Å². The fourth-order valence-corrected chi connectivity index (χ4v) is 3.12. The van der Waals surface area contributed by atoms with E-state index in [1.807, 2.05) is 24.3 Å². The number of aromatic nitrogens is 5. The molecule has 1 aromatic carbocycles. The van der Waals surface area contributed by atoms with Gasteiger partial charge in [0.25, 0.3) is 0 Å². The molecule has 0 radical (unpaired) electrons. The molecule has 132 valence electrons. The van der Waals surface area contributed by atoms with Crippen LogP contribution in [0.2, 0.25) is 0 Å². The smallest absolute Gasteiger partial charge is 0.343 e. The molecule has 2 aromatic heterocycles. The van der Waals surface area contributed by atoms with E-state index in [1.165, 1.54) is 11.8 Å². The molecule has 0 aliphatic carbocycles. The number of nitrogens with one attached hydrogen (secondary N) is 1. The van der Waals surface area contributed by atoms with Gasteiger partial charge in [0, 0.05) is 6.54 Å². The van der Waals surface area contributed by atoms with E-state index >= 15 is 0 Å². The van der Waals surface area contributed by atoms with E-state index in [1.54, 1.807) is 11.7 Å². The molecular weight excluding hydrogens is 342 g/mol. The standard InChI is InChI=1S/C16H19N5O3S/c1-3-4-9-21-15(22)18-19-16(21)25-10-13-17-14(20-24-13)11-7-5-6-8-12(11)23-2/h5-8H,3-4,9-10H2,1-2H3,(H,18,22). The first-order valence-corrected chi connectivity index (χ1v) is 8.95. The molecule has 0 amide bonds. The number of hydrogen-bond donors (Lipinski definition) is 1. The molecule has 0 unspecified atom stereocenters. The van der Waals surface area contributed by atoms with Crippen molar-refractivity contribution >= 4 is 11.8 Å². The van der Waals surface area contributed by atoms with Gasteiger partial charge in [-0.3, -0.25) is 4.57 Å². The molecule has 0 bridgehead atoms. The lowest BCUT2D eigenvalue weighted by molar-refractivity contribution is 0.390. The summed E-state index contributed by atoms with van der Waals surface area (Å²) in [5.74, 6) is 2.04. The predicted molar refractivity (Wildman–Crippen MR) is 93.6 cm³/mol. The molecule has 0 aliphatic rings. The minimum Gasteiger partial charge on any atom is -0.496 e. The van der Waals surface area contributed by atoms with Crippen LogP contribution in [-0.4, -0.2) is 32.0 Å². The first-order valence-electron chi connectivity index (χ1n) is 7.97. The largest absolute Gasteiger partial charge is 0.496 e. The van der Waals surface area contributed by atoms with Crippen LogP contribution in [0, 0.1) is 0 Å². The third-order valence-corrected chi connectivity index (χ3v) is 4.56. The normalized spacial score (nSPS) is 11.0. The summed E-state index contributed by atoms with van der Waals surface area (Å²) in [5.41, 5.74) is 0.570. The number of nitrogens with zero attached hydrogens (tertiary/aromatic N) is 4. The SMILES string of the molecule is CCCCn1c(SCc2nc(-c3ccccc3OC)no2)n[nH]c1=O. The van der Waals surface area contributed by atoms with E-state index in [-0.39, 0.29) is 5.69 Å². The molecule has 8 nitrogen and oxygen atoms in total. The number of benzene rings is 1. The van der Waals surface area contributed by atoms with Crippen LogP contribution < -0.4 is 10.4 Å². The molecule has 0 atom stereocenters. The second-order valence-electron chi connectivity index (χ2n) is 5.32. The molecule has 2 heterocycles. The predicted octanol–water partition coefficient (Wildman–Crippen LogP) is 2.72. The lowest BCUT2D eigenvalue weighted by atomic mass is 10.2. The van der Waals surface area contributed by atoms with Gasteiger partial charge in [-0.25, -0.2) is 9.89 Å². The maximum Gasteiger partial charge on any atom is 0.343 e. The summed E-state index contributed by atoms with van der Waals surface area (Å²) < 4.78 is 12.3. The topological polar surface area (TPSA) is 98.8 Å². The summed E-state index contributed by atoms with van der Waals surface area (Å²) in [6.45, 7) is 2.72. The van der Waals surface area contributed by atoms with Crippen molar-refractivity contribution in [2.45, 2.75) is 37.2 Å². The van der Waals surface area contributed by atoms with E-state index in [0.717, 1.165) is 18.4 Å². The van der Waals surface area contributed by atoms with E-state index in [2.05, 4.69) is 27.3 Å². The van der Waals surface area contributed by atoms with Gasteiger partial charge in [0.2, 0.25) is 11.7 Å². The van der Waals surface area contributed by atoms with Crippen LogP contribution in [-0.2, 0) is 12.3 Å². The molecule has 3 rings (SSSR count). The van der Waals surface area contributed by atoms with Crippen molar-refractivity contribution in [3.8, 4) is 17.1 Å². The number of aromatic amines is 1. The fourth-order valence-electron chi connectivity index (χ4n) is 2.31. The average Bonchev–Trinajstić information content (AvgIpc) is 3.25. The van der Waals surface area contributed by atoms with Crippen LogP contribution in [0.5, 0.6) is 5.75 Å². The molecule has 0 aliphatic heterocycles. The second kappa shape index (κ2) is 8.02. The maximum absolute atomic E-state index is 11.8. The minimum atomic E-state index is -0.198. The van der Waals surface area contributed by atoms with Gasteiger partial charge < -0.3 is 9.26 Å². The van der Waals surface area contributed by atoms with Crippen molar-refractivity contribution in [1.82, 2.24) is 24.9 Å². The lowest BCUT2D eigenvalue weighted by Crippen LogP contribution is -2.17. The quantitative estimate of drug-likeness (QED) is 0.616. The molecule has 3 aromatic rings. The molecule has 25 heavy (non-hydrogen) atoms. The van der Waals surface area contributed by atoms with Gasteiger partial charge in [-0.1, -0.05) is 42.4 Å². The Hall–Kier alpha value is -2.55. The first kappa shape index (κ1) is 17.3. The van der Waals surface area contributed by atoms with Gasteiger partial charge >= 0.3 is 5.69 Å². The zero-order valence-electron chi connectivity index (χ0n) is 14.1. The third-order valence-electron chi connectivity index (χ3n) is 3.60. The van der Waals surface area contributed by atoms with Crippen molar-refractivity contribution in [3.63, 3.8) is 0 Å². The molecule has 0 saturated heterocycles. The van der Waals surface area contributed by atoms with Gasteiger partial charge in [0.05, 0.1) is 18.4 Å². The maximum atomic E-state index is 11.8. The van der Waals surface area contributed by atoms with Crippen molar-refractivity contribution in [2.24, 2.45) is 0 Å². The summed E-state index contributed by atoms with van der Waals surface area (Å²) in [6.07, 6.45) is 1.93. The van der Waals surface area contributed by atoms with E-state index in [9.17, 15) is 4.79 Å². The van der Waals surface area contributed by atoms with Gasteiger partial charge in [-0.15, -0.1) is 5.10 Å². The molecule has 9 heteroatoms. The Kier molecular flexibility index (Phi) is 5.54. The van der Waals surface area contributed by atoms with E-state index < -0.39 is 0 Å². The minimum absolute atomic E-state index is 0.198. The Labute approximate surface area is 148 Å². The Morgan fingerprint density at radius 3 is 3.00 bits per heavy atom. The highest BCUT2D eigenvalue weighted by atomic mass is 32.2. The van der Waals surface area contributed by atoms with Crippen LogP contribution in [0.3, 0.4) is 0 Å². The number of hydrogen-bond acceptors (Lipinski definition) is 7. The van der Waals surface area contributed by atoms with E-state index in [4.69, 9.17) is 9.26 Å². The monoisotopic (exact) mass is 361 g/mol. The first-order chi connectivity index (χ1) is 12.2. The summed E-state index contributed by atoms with van der Waals surface area (Å²) in [4.78, 5) is 16.2. The van der Waals surface area contributed by atoms with Crippen molar-refractivity contribution in [1.29, 1.82) is 0 Å². The Morgan fingerprint density at radius 1 is 1.36 bits per heavy atom. The van der Waals surface area contributed by atoms with Crippen LogP contribution >= 0.6 is 11.8 Å². The van der Waals surface area contributed by atoms with Gasteiger partial charge in [0.15, 0.2) is 5.16 Å². The number of rotatable bonds is 8. The van der Waals surface area contributed by atoms with Gasteiger partial charge in [-0.2, -0.15) is 4.98 Å². The Balaban J connectivity index is 1.72. The summed E-state index contributed by atoms with van der Waals surface area (Å²) in [7, 11) is 1.60. The van der Waals surface area contributed by atoms with Crippen molar-refractivity contribution in [2.75, 3.05) is 7.11 Å². The van der Waals surface area contributed by atoms with Gasteiger partial charge in [0.1, 0.15) is 5.75 Å². The second-order valence-corrected chi connectivity index (χ2v) is 6.26. The van der Waals surface area contributed by atoms with E-state index in [0.29, 0.717) is 34.9 Å². The van der Waals surface area contributed by atoms with Crippen LogP contribution in [0.4, 0.5) is 0 Å². The molecule has 0 fully saturated rings. The fraction of sp³-hybridized carbons (Fsp3) is 0.375. The number of unbranched alkanes of at least 4 members (excludes halogenated alkanes) is 1. The molecule has 0 saturated carbocycles. The average molecular weight is 361 g/mol. The van der Waals surface area contributed by atoms with Crippen LogP contribution in [0.1, 0.15) is 25.7 Å². The Bertz CT molecular complexity index is 886. The molecule has 1 N–H and O–H groups in total. The number of methoxy groups -OCH3 is 1. The van der Waals surface area contributed by atoms with Crippen molar-refractivity contribution in [3.05, 3.63) is 40.6 Å². The number of H-pyrrole nitrogens is 1. The number of ether oxygens (including phenoxy) is 1. The Morgan fingerprint density at radius 2 is 2.20 bits per heavy atom.